The maximum absolute atomic E-state index is 12.1. The van der Waals surface area contributed by atoms with Crippen molar-refractivity contribution in [2.75, 3.05) is 0 Å². The molecule has 0 radical (unpaired) electrons. The number of hydrogen-bond donors (Lipinski definition) is 2. The van der Waals surface area contributed by atoms with Crippen molar-refractivity contribution in [2.24, 2.45) is 0 Å². The minimum Gasteiger partial charge on any atom is -0.489 e. The van der Waals surface area contributed by atoms with Crippen molar-refractivity contribution >= 4 is 23.2 Å². The van der Waals surface area contributed by atoms with Crippen LogP contribution in [-0.4, -0.2) is 11.8 Å². The second kappa shape index (κ2) is 10.3. The van der Waals surface area contributed by atoms with E-state index >= 15 is 0 Å². The van der Waals surface area contributed by atoms with Crippen LogP contribution in [-0.2, 0) is 17.8 Å². The lowest BCUT2D eigenvalue weighted by Crippen LogP contribution is -2.41. The van der Waals surface area contributed by atoms with Gasteiger partial charge in [0.05, 0.1) is 0 Å². The Labute approximate surface area is 168 Å². The van der Waals surface area contributed by atoms with Crippen molar-refractivity contribution in [3.05, 3.63) is 88.1 Å². The van der Waals surface area contributed by atoms with Gasteiger partial charge >= 0.3 is 0 Å². The number of ether oxygens (including phenoxy) is 1. The highest BCUT2D eigenvalue weighted by atomic mass is 32.1. The van der Waals surface area contributed by atoms with Gasteiger partial charge in [-0.3, -0.25) is 20.4 Å². The van der Waals surface area contributed by atoms with Crippen LogP contribution < -0.4 is 15.6 Å². The van der Waals surface area contributed by atoms with Gasteiger partial charge in [-0.15, -0.1) is 11.3 Å². The molecule has 1 heterocycles. The van der Waals surface area contributed by atoms with Crippen molar-refractivity contribution < 1.29 is 14.3 Å². The number of amides is 2. The Bertz CT molecular complexity index is 878. The number of para-hydroxylation sites is 1. The van der Waals surface area contributed by atoms with Gasteiger partial charge in [0.1, 0.15) is 12.4 Å². The number of benzene rings is 2. The molecule has 2 aromatic carbocycles. The molecule has 3 rings (SSSR count). The Kier molecular flexibility index (Phi) is 7.21. The Balaban J connectivity index is 1.38. The van der Waals surface area contributed by atoms with Crippen LogP contribution in [0.2, 0.25) is 0 Å². The smallest absolute Gasteiger partial charge is 0.269 e. The third kappa shape index (κ3) is 6.25. The molecule has 0 spiro atoms. The second-order valence-corrected chi connectivity index (χ2v) is 7.27. The molecule has 0 saturated heterocycles. The van der Waals surface area contributed by atoms with E-state index in [0.717, 1.165) is 24.2 Å². The predicted molar refractivity (Wildman–Crippen MR) is 110 cm³/mol. The van der Waals surface area contributed by atoms with Gasteiger partial charge in [0.2, 0.25) is 5.91 Å². The Morgan fingerprint density at radius 2 is 1.68 bits per heavy atom. The summed E-state index contributed by atoms with van der Waals surface area (Å²) >= 11 is 1.68. The molecular formula is C22H22N2O3S. The van der Waals surface area contributed by atoms with E-state index in [1.165, 1.54) is 4.88 Å². The maximum Gasteiger partial charge on any atom is 0.269 e. The van der Waals surface area contributed by atoms with Gasteiger partial charge in [0.15, 0.2) is 0 Å². The van der Waals surface area contributed by atoms with Crippen LogP contribution in [0.15, 0.2) is 72.1 Å². The van der Waals surface area contributed by atoms with Gasteiger partial charge in [-0.05, 0) is 54.1 Å². The van der Waals surface area contributed by atoms with Crippen molar-refractivity contribution in [2.45, 2.75) is 25.9 Å². The summed E-state index contributed by atoms with van der Waals surface area (Å²) in [5.74, 6) is 0.256. The van der Waals surface area contributed by atoms with Gasteiger partial charge in [-0.25, -0.2) is 0 Å². The molecule has 5 nitrogen and oxygen atoms in total. The zero-order valence-electron chi connectivity index (χ0n) is 15.4. The molecule has 0 aliphatic carbocycles. The van der Waals surface area contributed by atoms with Crippen LogP contribution in [0.1, 0.15) is 33.6 Å². The Morgan fingerprint density at radius 3 is 2.39 bits per heavy atom. The summed E-state index contributed by atoms with van der Waals surface area (Å²) in [5, 5.41) is 2.02. The molecule has 0 fully saturated rings. The summed E-state index contributed by atoms with van der Waals surface area (Å²) in [7, 11) is 0. The molecule has 0 unspecified atom stereocenters. The number of rotatable bonds is 8. The highest BCUT2D eigenvalue weighted by molar-refractivity contribution is 7.09. The van der Waals surface area contributed by atoms with E-state index in [2.05, 4.69) is 16.9 Å². The minimum absolute atomic E-state index is 0.196. The van der Waals surface area contributed by atoms with Gasteiger partial charge in [-0.1, -0.05) is 36.4 Å². The molecule has 0 bridgehead atoms. The molecular weight excluding hydrogens is 372 g/mol. The van der Waals surface area contributed by atoms with E-state index in [1.807, 2.05) is 53.9 Å². The monoisotopic (exact) mass is 394 g/mol. The zero-order valence-corrected chi connectivity index (χ0v) is 16.2. The van der Waals surface area contributed by atoms with Crippen LogP contribution in [0.5, 0.6) is 5.75 Å². The third-order valence-corrected chi connectivity index (χ3v) is 5.02. The van der Waals surface area contributed by atoms with Crippen LogP contribution >= 0.6 is 11.3 Å². The topological polar surface area (TPSA) is 67.4 Å². The maximum atomic E-state index is 12.1. The Hall–Kier alpha value is -3.12. The van der Waals surface area contributed by atoms with Crippen LogP contribution in [0.4, 0.5) is 0 Å². The third-order valence-electron chi connectivity index (χ3n) is 4.09. The summed E-state index contributed by atoms with van der Waals surface area (Å²) in [6.45, 7) is 0.424. The normalized spacial score (nSPS) is 10.3. The lowest BCUT2D eigenvalue weighted by molar-refractivity contribution is -0.121. The lowest BCUT2D eigenvalue weighted by atomic mass is 10.1. The van der Waals surface area contributed by atoms with Gasteiger partial charge in [0, 0.05) is 16.9 Å². The van der Waals surface area contributed by atoms with Crippen LogP contribution in [0.25, 0.3) is 0 Å². The number of thiophene rings is 1. The molecule has 6 heteroatoms. The lowest BCUT2D eigenvalue weighted by Gasteiger charge is -2.09. The van der Waals surface area contributed by atoms with E-state index in [9.17, 15) is 9.59 Å². The molecule has 28 heavy (non-hydrogen) atoms. The summed E-state index contributed by atoms with van der Waals surface area (Å²) < 4.78 is 5.68. The van der Waals surface area contributed by atoms with E-state index in [-0.39, 0.29) is 11.8 Å². The fraction of sp³-hybridized carbons (Fsp3) is 0.182. The average Bonchev–Trinajstić information content (AvgIpc) is 3.25. The molecule has 0 saturated carbocycles. The van der Waals surface area contributed by atoms with Crippen LogP contribution in [0, 0.1) is 0 Å². The molecule has 2 amide bonds. The molecule has 0 aliphatic heterocycles. The van der Waals surface area contributed by atoms with Crippen molar-refractivity contribution in [3.63, 3.8) is 0 Å². The largest absolute Gasteiger partial charge is 0.489 e. The number of nitrogens with one attached hydrogen (secondary N) is 2. The fourth-order valence-corrected chi connectivity index (χ4v) is 3.33. The summed E-state index contributed by atoms with van der Waals surface area (Å²) in [6.07, 6.45) is 1.98. The second-order valence-electron chi connectivity index (χ2n) is 6.23. The van der Waals surface area contributed by atoms with Crippen molar-refractivity contribution in [1.82, 2.24) is 10.9 Å². The molecule has 3 aromatic rings. The standard InChI is InChI=1S/C22H22N2O3S/c25-21(10-4-8-20-9-5-15-28-20)23-24-22(26)18-13-11-17(12-14-18)16-27-19-6-2-1-3-7-19/h1-3,5-7,9,11-15H,4,8,10,16H2,(H,23,25)(H,24,26). The highest BCUT2D eigenvalue weighted by Gasteiger charge is 2.08. The number of hydrogen-bond acceptors (Lipinski definition) is 4. The average molecular weight is 394 g/mol. The SMILES string of the molecule is O=C(CCCc1cccs1)NNC(=O)c1ccc(COc2ccccc2)cc1. The number of hydrazine groups is 1. The van der Waals surface area contributed by atoms with Crippen molar-refractivity contribution in [1.29, 1.82) is 0 Å². The molecule has 1 aromatic heterocycles. The molecule has 144 valence electrons. The van der Waals surface area contributed by atoms with E-state index in [0.29, 0.717) is 18.6 Å². The van der Waals surface area contributed by atoms with Gasteiger partial charge in [-0.2, -0.15) is 0 Å². The van der Waals surface area contributed by atoms with Crippen molar-refractivity contribution in [3.8, 4) is 5.75 Å². The predicted octanol–water partition coefficient (Wildman–Crippen LogP) is 4.11. The molecule has 0 aliphatic rings. The first-order valence-electron chi connectivity index (χ1n) is 9.09. The number of carbonyl (C=O) groups is 2. The number of carbonyl (C=O) groups excluding carboxylic acids is 2. The number of aryl methyl sites for hydroxylation is 1. The van der Waals surface area contributed by atoms with E-state index in [4.69, 9.17) is 4.74 Å². The van der Waals surface area contributed by atoms with E-state index < -0.39 is 0 Å². The first-order valence-corrected chi connectivity index (χ1v) is 9.97. The summed E-state index contributed by atoms with van der Waals surface area (Å²) in [6, 6.07) is 20.7. The first-order chi connectivity index (χ1) is 13.7. The van der Waals surface area contributed by atoms with Gasteiger partial charge in [0.25, 0.3) is 5.91 Å². The quantitative estimate of drug-likeness (QED) is 0.565. The zero-order chi connectivity index (χ0) is 19.6. The Morgan fingerprint density at radius 1 is 0.893 bits per heavy atom. The molecule has 2 N–H and O–H groups in total. The van der Waals surface area contributed by atoms with Crippen LogP contribution in [0.3, 0.4) is 0 Å². The molecule has 0 atom stereocenters. The fourth-order valence-electron chi connectivity index (χ4n) is 2.57. The first kappa shape index (κ1) is 19.6. The highest BCUT2D eigenvalue weighted by Crippen LogP contribution is 2.13. The van der Waals surface area contributed by atoms with E-state index in [1.54, 1.807) is 23.5 Å². The summed E-state index contributed by atoms with van der Waals surface area (Å²) in [5.41, 5.74) is 6.35. The minimum atomic E-state index is -0.345. The van der Waals surface area contributed by atoms with Gasteiger partial charge < -0.3 is 4.74 Å². The summed E-state index contributed by atoms with van der Waals surface area (Å²) in [4.78, 5) is 25.2.